The Hall–Kier alpha value is -1.39. The van der Waals surface area contributed by atoms with Gasteiger partial charge in [-0.1, -0.05) is 12.1 Å². The van der Waals surface area contributed by atoms with Crippen molar-refractivity contribution in [3.63, 3.8) is 0 Å². The third kappa shape index (κ3) is 1.38. The number of rotatable bonds is 2. The van der Waals surface area contributed by atoms with Crippen molar-refractivity contribution < 1.29 is 10.2 Å². The Labute approximate surface area is 81.4 Å². The quantitative estimate of drug-likeness (QED) is 0.732. The summed E-state index contributed by atoms with van der Waals surface area (Å²) in [6.07, 6.45) is 0.957. The van der Waals surface area contributed by atoms with Gasteiger partial charge in [-0.25, -0.2) is 0 Å². The highest BCUT2D eigenvalue weighted by Crippen LogP contribution is 2.19. The largest absolute Gasteiger partial charge is 0.393 e. The lowest BCUT2D eigenvalue weighted by atomic mass is 10.1. The van der Waals surface area contributed by atoms with E-state index < -0.39 is 6.10 Å². The number of nitrogens with zero attached hydrogens (tertiary/aromatic N) is 2. The van der Waals surface area contributed by atoms with E-state index in [1.54, 1.807) is 16.9 Å². The molecule has 1 aromatic heterocycles. The van der Waals surface area contributed by atoms with Crippen molar-refractivity contribution in [1.82, 2.24) is 9.78 Å². The fourth-order valence-electron chi connectivity index (χ4n) is 1.47. The van der Waals surface area contributed by atoms with Crippen LogP contribution in [0.3, 0.4) is 0 Å². The van der Waals surface area contributed by atoms with E-state index in [1.807, 2.05) is 19.2 Å². The Balaban J connectivity index is 2.54. The monoisotopic (exact) mass is 192 g/mol. The summed E-state index contributed by atoms with van der Waals surface area (Å²) in [7, 11) is 1.84. The Kier molecular flexibility index (Phi) is 2.23. The second-order valence-electron chi connectivity index (χ2n) is 3.28. The molecule has 2 rings (SSSR count). The fourth-order valence-corrected chi connectivity index (χ4v) is 1.47. The van der Waals surface area contributed by atoms with Crippen LogP contribution < -0.4 is 0 Å². The van der Waals surface area contributed by atoms with Crippen LogP contribution in [0.5, 0.6) is 0 Å². The van der Waals surface area contributed by atoms with Gasteiger partial charge in [0.05, 0.1) is 18.3 Å². The number of aryl methyl sites for hydroxylation is 1. The van der Waals surface area contributed by atoms with Gasteiger partial charge in [0.1, 0.15) is 6.10 Å². The minimum Gasteiger partial charge on any atom is -0.393 e. The molecule has 0 spiro atoms. The molecule has 0 fully saturated rings. The minimum atomic E-state index is -0.811. The molecular formula is C10H12N2O2. The Bertz CT molecular complexity index is 450. The van der Waals surface area contributed by atoms with Gasteiger partial charge < -0.3 is 10.2 Å². The predicted octanol–water partition coefficient (Wildman–Crippen LogP) is 0.599. The van der Waals surface area contributed by atoms with E-state index in [2.05, 4.69) is 5.10 Å². The second kappa shape index (κ2) is 3.40. The fraction of sp³-hybridized carbons (Fsp3) is 0.300. The molecule has 0 saturated carbocycles. The first kappa shape index (κ1) is 9.18. The van der Waals surface area contributed by atoms with E-state index in [1.165, 1.54) is 0 Å². The van der Waals surface area contributed by atoms with E-state index in [4.69, 9.17) is 5.11 Å². The number of aromatic nitrogens is 2. The highest BCUT2D eigenvalue weighted by atomic mass is 16.3. The van der Waals surface area contributed by atoms with Crippen molar-refractivity contribution in [2.24, 2.45) is 7.05 Å². The van der Waals surface area contributed by atoms with E-state index in [0.29, 0.717) is 5.56 Å². The summed E-state index contributed by atoms with van der Waals surface area (Å²) in [4.78, 5) is 0. The van der Waals surface area contributed by atoms with Crippen molar-refractivity contribution in [1.29, 1.82) is 0 Å². The zero-order chi connectivity index (χ0) is 10.1. The molecule has 0 aliphatic rings. The summed E-state index contributed by atoms with van der Waals surface area (Å²) in [5.74, 6) is 0. The third-order valence-corrected chi connectivity index (χ3v) is 2.33. The van der Waals surface area contributed by atoms with Gasteiger partial charge in [0.15, 0.2) is 0 Å². The van der Waals surface area contributed by atoms with Gasteiger partial charge in [-0.3, -0.25) is 4.68 Å². The van der Waals surface area contributed by atoms with Crippen LogP contribution in [0, 0.1) is 0 Å². The first-order chi connectivity index (χ1) is 6.72. The number of benzene rings is 1. The van der Waals surface area contributed by atoms with Crippen LogP contribution in [0.25, 0.3) is 10.9 Å². The topological polar surface area (TPSA) is 58.3 Å². The predicted molar refractivity (Wildman–Crippen MR) is 52.8 cm³/mol. The molecule has 2 N–H and O–H groups in total. The maximum atomic E-state index is 9.44. The SMILES string of the molecule is Cn1ncc2ccc([C@@H](O)CO)cc21. The maximum absolute atomic E-state index is 9.44. The first-order valence-corrected chi connectivity index (χ1v) is 4.43. The van der Waals surface area contributed by atoms with Gasteiger partial charge in [-0.15, -0.1) is 0 Å². The van der Waals surface area contributed by atoms with Gasteiger partial charge in [0, 0.05) is 12.4 Å². The van der Waals surface area contributed by atoms with Crippen LogP contribution in [0.2, 0.25) is 0 Å². The molecule has 0 bridgehead atoms. The van der Waals surface area contributed by atoms with Crippen molar-refractivity contribution >= 4 is 10.9 Å². The summed E-state index contributed by atoms with van der Waals surface area (Å²) in [5, 5.41) is 23.4. The van der Waals surface area contributed by atoms with E-state index in [-0.39, 0.29) is 6.61 Å². The summed E-state index contributed by atoms with van der Waals surface area (Å²) in [6, 6.07) is 5.52. The normalized spacial score (nSPS) is 13.4. The molecular weight excluding hydrogens is 180 g/mol. The summed E-state index contributed by atoms with van der Waals surface area (Å²) in [5.41, 5.74) is 1.67. The lowest BCUT2D eigenvalue weighted by molar-refractivity contribution is 0.0957. The zero-order valence-corrected chi connectivity index (χ0v) is 7.88. The van der Waals surface area contributed by atoms with Crippen molar-refractivity contribution in [2.75, 3.05) is 6.61 Å². The average molecular weight is 192 g/mol. The second-order valence-corrected chi connectivity index (χ2v) is 3.28. The Morgan fingerprint density at radius 3 is 3.00 bits per heavy atom. The molecule has 14 heavy (non-hydrogen) atoms. The van der Waals surface area contributed by atoms with Crippen molar-refractivity contribution in [2.45, 2.75) is 6.10 Å². The summed E-state index contributed by atoms with van der Waals surface area (Å²) < 4.78 is 1.74. The number of hydrogen-bond acceptors (Lipinski definition) is 3. The molecule has 1 heterocycles. The lowest BCUT2D eigenvalue weighted by Crippen LogP contribution is -2.02. The molecule has 4 nitrogen and oxygen atoms in total. The maximum Gasteiger partial charge on any atom is 0.102 e. The van der Waals surface area contributed by atoms with Crippen LogP contribution in [0.4, 0.5) is 0 Å². The molecule has 4 heteroatoms. The highest BCUT2D eigenvalue weighted by molar-refractivity contribution is 5.79. The summed E-state index contributed by atoms with van der Waals surface area (Å²) >= 11 is 0. The number of aliphatic hydroxyl groups excluding tert-OH is 2. The van der Waals surface area contributed by atoms with Gasteiger partial charge >= 0.3 is 0 Å². The Morgan fingerprint density at radius 1 is 1.50 bits per heavy atom. The number of fused-ring (bicyclic) bond motifs is 1. The van der Waals surface area contributed by atoms with E-state index in [9.17, 15) is 5.11 Å². The molecule has 0 radical (unpaired) electrons. The van der Waals surface area contributed by atoms with Crippen molar-refractivity contribution in [3.8, 4) is 0 Å². The number of hydrogen-bond donors (Lipinski definition) is 2. The smallest absolute Gasteiger partial charge is 0.102 e. The standard InChI is InChI=1S/C10H12N2O2/c1-12-9-4-7(10(14)6-13)2-3-8(9)5-11-12/h2-5,10,13-14H,6H2,1H3/t10-/m0/s1. The molecule has 1 aromatic carbocycles. The van der Waals surface area contributed by atoms with Gasteiger partial charge in [0.2, 0.25) is 0 Å². The van der Waals surface area contributed by atoms with Gasteiger partial charge in [-0.2, -0.15) is 5.10 Å². The molecule has 0 aliphatic heterocycles. The average Bonchev–Trinajstić information content (AvgIpc) is 2.59. The first-order valence-electron chi connectivity index (χ1n) is 4.43. The van der Waals surface area contributed by atoms with Crippen LogP contribution >= 0.6 is 0 Å². The third-order valence-electron chi connectivity index (χ3n) is 2.33. The molecule has 0 amide bonds. The van der Waals surface area contributed by atoms with Crippen LogP contribution in [0.15, 0.2) is 24.4 Å². The van der Waals surface area contributed by atoms with E-state index >= 15 is 0 Å². The van der Waals surface area contributed by atoms with E-state index in [0.717, 1.165) is 10.9 Å². The minimum absolute atomic E-state index is 0.261. The van der Waals surface area contributed by atoms with Gasteiger partial charge in [-0.05, 0) is 11.6 Å². The molecule has 0 unspecified atom stereocenters. The molecule has 2 aromatic rings. The molecule has 1 atom stereocenters. The highest BCUT2D eigenvalue weighted by Gasteiger charge is 2.07. The molecule has 0 aliphatic carbocycles. The van der Waals surface area contributed by atoms with Gasteiger partial charge in [0.25, 0.3) is 0 Å². The summed E-state index contributed by atoms with van der Waals surface area (Å²) in [6.45, 7) is -0.261. The molecule has 0 saturated heterocycles. The Morgan fingerprint density at radius 2 is 2.29 bits per heavy atom. The van der Waals surface area contributed by atoms with Crippen LogP contribution in [-0.4, -0.2) is 26.6 Å². The van der Waals surface area contributed by atoms with Crippen LogP contribution in [0.1, 0.15) is 11.7 Å². The number of aliphatic hydroxyl groups is 2. The van der Waals surface area contributed by atoms with Crippen molar-refractivity contribution in [3.05, 3.63) is 30.0 Å². The van der Waals surface area contributed by atoms with Crippen LogP contribution in [-0.2, 0) is 7.05 Å². The molecule has 74 valence electrons. The zero-order valence-electron chi connectivity index (χ0n) is 7.88. The lowest BCUT2D eigenvalue weighted by Gasteiger charge is -2.07.